The van der Waals surface area contributed by atoms with Crippen LogP contribution in [0.2, 0.25) is 0 Å². The average molecular weight is 383 g/mol. The molecule has 150 valence electrons. The van der Waals surface area contributed by atoms with Gasteiger partial charge in [0.2, 0.25) is 6.79 Å². The molecule has 28 heavy (non-hydrogen) atoms. The minimum absolute atomic E-state index is 0.159. The van der Waals surface area contributed by atoms with Crippen LogP contribution in [0.5, 0.6) is 11.5 Å². The average Bonchev–Trinajstić information content (AvgIpc) is 3.19. The van der Waals surface area contributed by atoms with E-state index in [1.54, 1.807) is 0 Å². The summed E-state index contributed by atoms with van der Waals surface area (Å²) in [7, 11) is 0. The number of nitrogens with one attached hydrogen (secondary N) is 2. The molecule has 3 rings (SSSR count). The van der Waals surface area contributed by atoms with E-state index < -0.39 is 0 Å². The molecule has 1 aliphatic heterocycles. The Bertz CT molecular complexity index is 773. The molecule has 0 unspecified atom stereocenters. The summed E-state index contributed by atoms with van der Waals surface area (Å²) >= 11 is 0. The number of benzene rings is 2. The molecule has 2 amide bonds. The van der Waals surface area contributed by atoms with E-state index in [1.807, 2.05) is 18.2 Å². The van der Waals surface area contributed by atoms with Crippen molar-refractivity contribution in [2.75, 3.05) is 26.4 Å². The Balaban J connectivity index is 1.37. The molecule has 6 nitrogen and oxygen atoms in total. The van der Waals surface area contributed by atoms with Gasteiger partial charge in [0.25, 0.3) is 0 Å². The van der Waals surface area contributed by atoms with Gasteiger partial charge in [-0.2, -0.15) is 0 Å². The summed E-state index contributed by atoms with van der Waals surface area (Å²) in [5.41, 5.74) is 3.49. The Labute approximate surface area is 166 Å². The highest BCUT2D eigenvalue weighted by Crippen LogP contribution is 2.32. The number of carbonyl (C=O) groups excluding carboxylic acids is 1. The molecule has 6 heteroatoms. The number of carbonyl (C=O) groups is 1. The van der Waals surface area contributed by atoms with Crippen LogP contribution in [0.15, 0.2) is 42.5 Å². The molecule has 0 aliphatic carbocycles. The van der Waals surface area contributed by atoms with Gasteiger partial charge in [0, 0.05) is 19.6 Å². The Hall–Kier alpha value is -2.73. The highest BCUT2D eigenvalue weighted by atomic mass is 16.7. The van der Waals surface area contributed by atoms with E-state index in [2.05, 4.69) is 53.6 Å². The molecular weight excluding hydrogens is 354 g/mol. The van der Waals surface area contributed by atoms with Crippen molar-refractivity contribution in [2.24, 2.45) is 0 Å². The lowest BCUT2D eigenvalue weighted by atomic mass is 10.1. The SMILES string of the molecule is CCN(CC)Cc1ccc(CNC(=O)NCCc2ccc3c(c2)OCO3)cc1. The van der Waals surface area contributed by atoms with Crippen molar-refractivity contribution in [3.8, 4) is 11.5 Å². The summed E-state index contributed by atoms with van der Waals surface area (Å²) in [6.45, 7) is 8.75. The molecular formula is C22H29N3O3. The zero-order valence-corrected chi connectivity index (χ0v) is 16.7. The largest absolute Gasteiger partial charge is 0.454 e. The van der Waals surface area contributed by atoms with Crippen LogP contribution in [-0.2, 0) is 19.5 Å². The predicted octanol–water partition coefficient (Wildman–Crippen LogP) is 3.30. The number of hydrogen-bond donors (Lipinski definition) is 2. The third-order valence-corrected chi connectivity index (χ3v) is 4.91. The molecule has 2 aromatic carbocycles. The lowest BCUT2D eigenvalue weighted by Gasteiger charge is -2.18. The predicted molar refractivity (Wildman–Crippen MR) is 110 cm³/mol. The van der Waals surface area contributed by atoms with Gasteiger partial charge >= 0.3 is 6.03 Å². The third kappa shape index (κ3) is 5.63. The van der Waals surface area contributed by atoms with E-state index in [-0.39, 0.29) is 12.8 Å². The van der Waals surface area contributed by atoms with Crippen LogP contribution in [-0.4, -0.2) is 37.4 Å². The topological polar surface area (TPSA) is 62.8 Å². The zero-order chi connectivity index (χ0) is 19.8. The Morgan fingerprint density at radius 2 is 1.61 bits per heavy atom. The van der Waals surface area contributed by atoms with Gasteiger partial charge in [-0.15, -0.1) is 0 Å². The van der Waals surface area contributed by atoms with Crippen LogP contribution in [0.1, 0.15) is 30.5 Å². The van der Waals surface area contributed by atoms with Gasteiger partial charge in [-0.1, -0.05) is 44.2 Å². The second-order valence-electron chi connectivity index (χ2n) is 6.82. The molecule has 0 radical (unpaired) electrons. The monoisotopic (exact) mass is 383 g/mol. The van der Waals surface area contributed by atoms with E-state index in [1.165, 1.54) is 5.56 Å². The van der Waals surface area contributed by atoms with Gasteiger partial charge in [0.05, 0.1) is 0 Å². The van der Waals surface area contributed by atoms with Gasteiger partial charge in [0.15, 0.2) is 11.5 Å². The van der Waals surface area contributed by atoms with E-state index in [9.17, 15) is 4.79 Å². The molecule has 0 fully saturated rings. The van der Waals surface area contributed by atoms with E-state index >= 15 is 0 Å². The quantitative estimate of drug-likeness (QED) is 0.697. The van der Waals surface area contributed by atoms with Crippen molar-refractivity contribution >= 4 is 6.03 Å². The van der Waals surface area contributed by atoms with Crippen molar-refractivity contribution < 1.29 is 14.3 Å². The van der Waals surface area contributed by atoms with Crippen LogP contribution < -0.4 is 20.1 Å². The highest BCUT2D eigenvalue weighted by molar-refractivity contribution is 5.73. The highest BCUT2D eigenvalue weighted by Gasteiger charge is 2.13. The first-order chi connectivity index (χ1) is 13.7. The van der Waals surface area contributed by atoms with Crippen LogP contribution in [0.4, 0.5) is 4.79 Å². The number of amides is 2. The second-order valence-corrected chi connectivity index (χ2v) is 6.82. The molecule has 1 heterocycles. The fraction of sp³-hybridized carbons (Fsp3) is 0.409. The molecule has 1 aliphatic rings. The summed E-state index contributed by atoms with van der Waals surface area (Å²) < 4.78 is 10.7. The number of urea groups is 1. The molecule has 2 aromatic rings. The standard InChI is InChI=1S/C22H29N3O3/c1-3-25(4-2)15-19-7-5-18(6-8-19)14-24-22(26)23-12-11-17-9-10-20-21(13-17)28-16-27-20/h5-10,13H,3-4,11-12,14-16H2,1-2H3,(H2,23,24,26). The fourth-order valence-electron chi connectivity index (χ4n) is 3.13. The summed E-state index contributed by atoms with van der Waals surface area (Å²) in [4.78, 5) is 14.4. The summed E-state index contributed by atoms with van der Waals surface area (Å²) in [5.74, 6) is 1.55. The molecule has 0 spiro atoms. The van der Waals surface area contributed by atoms with Gasteiger partial charge in [-0.25, -0.2) is 4.79 Å². The van der Waals surface area contributed by atoms with E-state index in [4.69, 9.17) is 9.47 Å². The number of hydrogen-bond acceptors (Lipinski definition) is 4. The molecule has 0 saturated carbocycles. The first-order valence-electron chi connectivity index (χ1n) is 9.88. The van der Waals surface area contributed by atoms with Crippen molar-refractivity contribution in [1.29, 1.82) is 0 Å². The molecule has 0 atom stereocenters. The van der Waals surface area contributed by atoms with Crippen LogP contribution in [0.3, 0.4) is 0 Å². The summed E-state index contributed by atoms with van der Waals surface area (Å²) in [6.07, 6.45) is 0.740. The number of nitrogens with zero attached hydrogens (tertiary/aromatic N) is 1. The van der Waals surface area contributed by atoms with Gasteiger partial charge in [-0.05, 0) is 48.3 Å². The van der Waals surface area contributed by atoms with Crippen molar-refractivity contribution in [1.82, 2.24) is 15.5 Å². The first-order valence-corrected chi connectivity index (χ1v) is 9.88. The maximum atomic E-state index is 12.0. The second kappa shape index (κ2) is 9.99. The smallest absolute Gasteiger partial charge is 0.315 e. The Kier molecular flexibility index (Phi) is 7.14. The Morgan fingerprint density at radius 3 is 2.36 bits per heavy atom. The summed E-state index contributed by atoms with van der Waals surface area (Å²) in [5, 5.41) is 5.80. The van der Waals surface area contributed by atoms with E-state index in [0.717, 1.165) is 48.7 Å². The lowest BCUT2D eigenvalue weighted by molar-refractivity contribution is 0.174. The summed E-state index contributed by atoms with van der Waals surface area (Å²) in [6, 6.07) is 14.1. The minimum Gasteiger partial charge on any atom is -0.454 e. The van der Waals surface area contributed by atoms with Crippen LogP contribution in [0.25, 0.3) is 0 Å². The van der Waals surface area contributed by atoms with Crippen molar-refractivity contribution in [3.05, 3.63) is 59.2 Å². The van der Waals surface area contributed by atoms with Gasteiger partial charge in [0.1, 0.15) is 0 Å². The zero-order valence-electron chi connectivity index (χ0n) is 16.7. The van der Waals surface area contributed by atoms with Crippen molar-refractivity contribution in [3.63, 3.8) is 0 Å². The number of ether oxygens (including phenoxy) is 2. The third-order valence-electron chi connectivity index (χ3n) is 4.91. The number of fused-ring (bicyclic) bond motifs is 1. The number of rotatable bonds is 9. The van der Waals surface area contributed by atoms with E-state index in [0.29, 0.717) is 13.1 Å². The van der Waals surface area contributed by atoms with Crippen molar-refractivity contribution in [2.45, 2.75) is 33.4 Å². The van der Waals surface area contributed by atoms with Gasteiger partial charge < -0.3 is 20.1 Å². The molecule has 2 N–H and O–H groups in total. The Morgan fingerprint density at radius 1 is 0.929 bits per heavy atom. The fourth-order valence-corrected chi connectivity index (χ4v) is 3.13. The molecule has 0 bridgehead atoms. The maximum absolute atomic E-state index is 12.0. The lowest BCUT2D eigenvalue weighted by Crippen LogP contribution is -2.36. The minimum atomic E-state index is -0.159. The molecule has 0 aromatic heterocycles. The first kappa shape index (κ1) is 20.0. The normalized spacial score (nSPS) is 12.2. The van der Waals surface area contributed by atoms with Crippen LogP contribution in [0, 0.1) is 0 Å². The maximum Gasteiger partial charge on any atom is 0.315 e. The van der Waals surface area contributed by atoms with Gasteiger partial charge in [-0.3, -0.25) is 4.90 Å². The van der Waals surface area contributed by atoms with Crippen LogP contribution >= 0.6 is 0 Å². The molecule has 0 saturated heterocycles.